The van der Waals surface area contributed by atoms with Crippen LogP contribution in [0.3, 0.4) is 0 Å². The van der Waals surface area contributed by atoms with Crippen LogP contribution in [-0.2, 0) is 0 Å². The number of nitrogens with zero attached hydrogens (tertiary/aromatic N) is 4. The minimum absolute atomic E-state index is 0.510. The maximum absolute atomic E-state index is 5.66. The van der Waals surface area contributed by atoms with Gasteiger partial charge in [0.15, 0.2) is 0 Å². The highest BCUT2D eigenvalue weighted by Crippen LogP contribution is 2.30. The zero-order valence-electron chi connectivity index (χ0n) is 12.0. The van der Waals surface area contributed by atoms with E-state index in [4.69, 9.17) is 5.73 Å². The smallest absolute Gasteiger partial charge is 0.123 e. The first-order valence-corrected chi connectivity index (χ1v) is 7.09. The Balaban J connectivity index is 1.88. The molecule has 2 atom stereocenters. The van der Waals surface area contributed by atoms with Crippen LogP contribution in [0.1, 0.15) is 25.8 Å². The number of anilines is 1. The lowest BCUT2D eigenvalue weighted by Crippen LogP contribution is -2.38. The van der Waals surface area contributed by atoms with Crippen LogP contribution in [0.4, 0.5) is 5.82 Å². The van der Waals surface area contributed by atoms with Crippen molar-refractivity contribution in [2.45, 2.75) is 31.8 Å². The van der Waals surface area contributed by atoms with Gasteiger partial charge < -0.3 is 15.2 Å². The molecule has 3 heterocycles. The number of hydrogen-bond acceptors (Lipinski definition) is 4. The van der Waals surface area contributed by atoms with Crippen molar-refractivity contribution in [3.8, 4) is 11.3 Å². The van der Waals surface area contributed by atoms with E-state index < -0.39 is 0 Å². The molecule has 0 amide bonds. The van der Waals surface area contributed by atoms with E-state index in [2.05, 4.69) is 33.4 Å². The number of pyridine rings is 1. The predicted octanol–water partition coefficient (Wildman–Crippen LogP) is 2.18. The second-order valence-corrected chi connectivity index (χ2v) is 5.67. The number of piperidine rings is 1. The van der Waals surface area contributed by atoms with Gasteiger partial charge in [-0.25, -0.2) is 9.97 Å². The van der Waals surface area contributed by atoms with Gasteiger partial charge in [0.1, 0.15) is 5.82 Å². The Bertz CT molecular complexity index is 574. The number of hydrogen-bond donors (Lipinski definition) is 1. The molecule has 2 unspecified atom stereocenters. The van der Waals surface area contributed by atoms with Crippen molar-refractivity contribution in [3.05, 3.63) is 30.9 Å². The molecule has 0 radical (unpaired) electrons. The molecular formula is C15H21N5. The van der Waals surface area contributed by atoms with Gasteiger partial charge in [-0.15, -0.1) is 0 Å². The fourth-order valence-electron chi connectivity index (χ4n) is 2.89. The molecule has 5 heteroatoms. The molecule has 0 spiro atoms. The monoisotopic (exact) mass is 271 g/mol. The third kappa shape index (κ3) is 2.41. The second-order valence-electron chi connectivity index (χ2n) is 5.67. The maximum atomic E-state index is 5.66. The van der Waals surface area contributed by atoms with Crippen molar-refractivity contribution >= 4 is 5.82 Å². The summed E-state index contributed by atoms with van der Waals surface area (Å²) in [5.41, 5.74) is 7.85. The van der Waals surface area contributed by atoms with Crippen LogP contribution >= 0.6 is 0 Å². The Labute approximate surface area is 119 Å². The van der Waals surface area contributed by atoms with E-state index in [0.717, 1.165) is 30.6 Å². The first kappa shape index (κ1) is 13.1. The quantitative estimate of drug-likeness (QED) is 0.909. The van der Waals surface area contributed by atoms with Gasteiger partial charge in [-0.1, -0.05) is 0 Å². The average Bonchev–Trinajstić information content (AvgIpc) is 2.92. The van der Waals surface area contributed by atoms with Crippen LogP contribution in [0.25, 0.3) is 11.3 Å². The number of nitrogen functional groups attached to an aromatic ring is 1. The summed E-state index contributed by atoms with van der Waals surface area (Å²) in [7, 11) is 2.19. The number of aromatic nitrogens is 3. The van der Waals surface area contributed by atoms with Gasteiger partial charge >= 0.3 is 0 Å². The lowest BCUT2D eigenvalue weighted by Gasteiger charge is -2.36. The number of likely N-dealkylation sites (tertiary alicyclic amines) is 1. The van der Waals surface area contributed by atoms with Crippen molar-refractivity contribution in [1.82, 2.24) is 19.4 Å². The summed E-state index contributed by atoms with van der Waals surface area (Å²) < 4.78 is 2.29. The van der Waals surface area contributed by atoms with Gasteiger partial charge in [0.05, 0.1) is 18.2 Å². The van der Waals surface area contributed by atoms with Gasteiger partial charge in [0, 0.05) is 30.4 Å². The normalized spacial score (nSPS) is 23.9. The number of imidazole rings is 1. The molecule has 2 aromatic rings. The average molecular weight is 271 g/mol. The second kappa shape index (κ2) is 5.25. The number of rotatable bonds is 2. The van der Waals surface area contributed by atoms with Crippen molar-refractivity contribution in [2.75, 3.05) is 19.3 Å². The van der Waals surface area contributed by atoms with Crippen molar-refractivity contribution in [2.24, 2.45) is 0 Å². The molecule has 0 aliphatic carbocycles. The zero-order valence-corrected chi connectivity index (χ0v) is 12.0. The van der Waals surface area contributed by atoms with Crippen molar-refractivity contribution in [3.63, 3.8) is 0 Å². The summed E-state index contributed by atoms with van der Waals surface area (Å²) in [6.07, 6.45) is 7.99. The fourth-order valence-corrected chi connectivity index (χ4v) is 2.89. The molecule has 106 valence electrons. The molecule has 0 aromatic carbocycles. The van der Waals surface area contributed by atoms with Crippen molar-refractivity contribution in [1.29, 1.82) is 0 Å². The standard InChI is InChI=1S/C15H21N5/c1-11-7-13(5-6-19(11)2)20-10-17-9-14(20)12-3-4-15(16)18-8-12/h3-4,8-11,13H,5-7H2,1-2H3,(H2,16,18). The third-order valence-corrected chi connectivity index (χ3v) is 4.32. The van der Waals surface area contributed by atoms with Crippen LogP contribution in [0.15, 0.2) is 30.9 Å². The van der Waals surface area contributed by atoms with E-state index in [1.54, 1.807) is 0 Å². The fraction of sp³-hybridized carbons (Fsp3) is 0.467. The molecule has 2 N–H and O–H groups in total. The Hall–Kier alpha value is -1.88. The molecule has 1 aliphatic heterocycles. The summed E-state index contributed by atoms with van der Waals surface area (Å²) >= 11 is 0. The first-order valence-electron chi connectivity index (χ1n) is 7.09. The van der Waals surface area contributed by atoms with Gasteiger partial charge in [-0.2, -0.15) is 0 Å². The topological polar surface area (TPSA) is 60.0 Å². The highest BCUT2D eigenvalue weighted by atomic mass is 15.2. The van der Waals surface area contributed by atoms with E-state index >= 15 is 0 Å². The van der Waals surface area contributed by atoms with E-state index in [0.29, 0.717) is 17.9 Å². The number of nitrogens with two attached hydrogens (primary N) is 1. The lowest BCUT2D eigenvalue weighted by molar-refractivity contribution is 0.157. The van der Waals surface area contributed by atoms with Crippen LogP contribution in [0.5, 0.6) is 0 Å². The summed E-state index contributed by atoms with van der Waals surface area (Å²) in [6, 6.07) is 4.96. The Morgan fingerprint density at radius 3 is 2.85 bits per heavy atom. The van der Waals surface area contributed by atoms with E-state index in [9.17, 15) is 0 Å². The molecule has 1 saturated heterocycles. The highest BCUT2D eigenvalue weighted by Gasteiger charge is 2.25. The van der Waals surface area contributed by atoms with E-state index in [1.807, 2.05) is 30.9 Å². The molecule has 5 nitrogen and oxygen atoms in total. The molecule has 0 saturated carbocycles. The SMILES string of the molecule is CC1CC(n2cncc2-c2ccc(N)nc2)CCN1C. The minimum atomic E-state index is 0.510. The summed E-state index contributed by atoms with van der Waals surface area (Å²) in [5, 5.41) is 0. The van der Waals surface area contributed by atoms with Crippen LogP contribution in [0.2, 0.25) is 0 Å². The van der Waals surface area contributed by atoms with Gasteiger partial charge in [0.2, 0.25) is 0 Å². The van der Waals surface area contributed by atoms with Crippen LogP contribution in [0, 0.1) is 0 Å². The van der Waals surface area contributed by atoms with E-state index in [1.165, 1.54) is 0 Å². The Morgan fingerprint density at radius 2 is 2.15 bits per heavy atom. The Kier molecular flexibility index (Phi) is 3.44. The highest BCUT2D eigenvalue weighted by molar-refractivity contribution is 5.59. The van der Waals surface area contributed by atoms with Gasteiger partial charge in [-0.05, 0) is 38.9 Å². The molecule has 1 aliphatic rings. The molecule has 20 heavy (non-hydrogen) atoms. The maximum Gasteiger partial charge on any atom is 0.123 e. The molecule has 0 bridgehead atoms. The lowest BCUT2D eigenvalue weighted by atomic mass is 9.98. The minimum Gasteiger partial charge on any atom is -0.384 e. The Morgan fingerprint density at radius 1 is 1.30 bits per heavy atom. The van der Waals surface area contributed by atoms with Crippen molar-refractivity contribution < 1.29 is 0 Å². The molecule has 3 rings (SSSR count). The third-order valence-electron chi connectivity index (χ3n) is 4.32. The molecule has 2 aromatic heterocycles. The molecule has 1 fully saturated rings. The first-order chi connectivity index (χ1) is 9.65. The van der Waals surface area contributed by atoms with Crippen LogP contribution in [-0.4, -0.2) is 39.1 Å². The van der Waals surface area contributed by atoms with Gasteiger partial charge in [-0.3, -0.25) is 0 Å². The summed E-state index contributed by atoms with van der Waals surface area (Å²) in [6.45, 7) is 3.41. The van der Waals surface area contributed by atoms with E-state index in [-0.39, 0.29) is 0 Å². The summed E-state index contributed by atoms with van der Waals surface area (Å²) in [5.74, 6) is 0.549. The van der Waals surface area contributed by atoms with Crippen LogP contribution < -0.4 is 5.73 Å². The zero-order chi connectivity index (χ0) is 14.1. The summed E-state index contributed by atoms with van der Waals surface area (Å²) in [4.78, 5) is 10.9. The van der Waals surface area contributed by atoms with Gasteiger partial charge in [0.25, 0.3) is 0 Å². The molecular weight excluding hydrogens is 250 g/mol. The predicted molar refractivity (Wildman–Crippen MR) is 80.2 cm³/mol. The largest absolute Gasteiger partial charge is 0.384 e.